The number of amides is 2. The van der Waals surface area contributed by atoms with Crippen molar-refractivity contribution in [3.63, 3.8) is 0 Å². The van der Waals surface area contributed by atoms with E-state index in [0.29, 0.717) is 12.8 Å². The van der Waals surface area contributed by atoms with Crippen molar-refractivity contribution in [2.45, 2.75) is 70.8 Å². The molecule has 1 aliphatic heterocycles. The Morgan fingerprint density at radius 3 is 2.50 bits per heavy atom. The zero-order valence-corrected chi connectivity index (χ0v) is 12.1. The molecule has 1 N–H and O–H groups in total. The maximum Gasteiger partial charge on any atom is 0.326 e. The molecule has 5 nitrogen and oxygen atoms in total. The first-order chi connectivity index (χ1) is 9.52. The van der Waals surface area contributed by atoms with Crippen LogP contribution in [0.15, 0.2) is 0 Å². The average Bonchev–Trinajstić information content (AvgIpc) is 2.64. The third-order valence-electron chi connectivity index (χ3n) is 4.67. The number of carboxylic acids is 1. The maximum absolute atomic E-state index is 12.6. The van der Waals surface area contributed by atoms with E-state index in [1.54, 1.807) is 0 Å². The molecule has 1 atom stereocenters. The highest BCUT2D eigenvalue weighted by molar-refractivity contribution is 6.08. The summed E-state index contributed by atoms with van der Waals surface area (Å²) >= 11 is 0. The van der Waals surface area contributed by atoms with Gasteiger partial charge in [-0.2, -0.15) is 0 Å². The van der Waals surface area contributed by atoms with Crippen molar-refractivity contribution in [2.24, 2.45) is 5.41 Å². The molecule has 0 radical (unpaired) electrons. The van der Waals surface area contributed by atoms with Gasteiger partial charge in [-0.3, -0.25) is 14.5 Å². The Balaban J connectivity index is 2.20. The summed E-state index contributed by atoms with van der Waals surface area (Å²) in [5.74, 6) is -1.58. The molecule has 2 rings (SSSR count). The zero-order chi connectivity index (χ0) is 14.8. The second-order valence-electron chi connectivity index (χ2n) is 6.08. The lowest BCUT2D eigenvalue weighted by molar-refractivity contribution is -0.156. The number of likely N-dealkylation sites (tertiary alicyclic amines) is 1. The van der Waals surface area contributed by atoms with Gasteiger partial charge in [0.25, 0.3) is 0 Å². The van der Waals surface area contributed by atoms with Crippen LogP contribution in [0.2, 0.25) is 0 Å². The SMILES string of the molecule is CCCC[C@@H](C(=O)O)N1C(=O)CC2(CCCCC2)C1=O. The van der Waals surface area contributed by atoms with Gasteiger partial charge in [0.15, 0.2) is 0 Å². The number of carboxylic acid groups (broad SMARTS) is 1. The molecule has 0 aromatic carbocycles. The number of carbonyl (C=O) groups is 3. The summed E-state index contributed by atoms with van der Waals surface area (Å²) in [7, 11) is 0. The normalized spacial score (nSPS) is 23.4. The van der Waals surface area contributed by atoms with E-state index >= 15 is 0 Å². The summed E-state index contributed by atoms with van der Waals surface area (Å²) in [5.41, 5.74) is -0.588. The summed E-state index contributed by atoms with van der Waals surface area (Å²) in [4.78, 5) is 37.3. The van der Waals surface area contributed by atoms with Crippen molar-refractivity contribution >= 4 is 17.8 Å². The van der Waals surface area contributed by atoms with Gasteiger partial charge in [-0.05, 0) is 19.3 Å². The van der Waals surface area contributed by atoms with Gasteiger partial charge in [-0.15, -0.1) is 0 Å². The summed E-state index contributed by atoms with van der Waals surface area (Å²) < 4.78 is 0. The lowest BCUT2D eigenvalue weighted by atomic mass is 9.73. The van der Waals surface area contributed by atoms with E-state index in [1.807, 2.05) is 6.92 Å². The van der Waals surface area contributed by atoms with Crippen LogP contribution in [0.5, 0.6) is 0 Å². The van der Waals surface area contributed by atoms with E-state index in [-0.39, 0.29) is 18.2 Å². The number of imide groups is 1. The van der Waals surface area contributed by atoms with E-state index in [2.05, 4.69) is 0 Å². The van der Waals surface area contributed by atoms with Crippen LogP contribution >= 0.6 is 0 Å². The maximum atomic E-state index is 12.6. The Hall–Kier alpha value is -1.39. The van der Waals surface area contributed by atoms with Crippen LogP contribution in [0.3, 0.4) is 0 Å². The smallest absolute Gasteiger partial charge is 0.326 e. The second-order valence-corrected chi connectivity index (χ2v) is 6.08. The van der Waals surface area contributed by atoms with Gasteiger partial charge in [0.05, 0.1) is 5.41 Å². The van der Waals surface area contributed by atoms with Gasteiger partial charge in [0.2, 0.25) is 11.8 Å². The molecule has 1 heterocycles. The van der Waals surface area contributed by atoms with Gasteiger partial charge < -0.3 is 5.11 Å². The number of aliphatic carboxylic acids is 1. The molecule has 1 spiro atoms. The molecule has 2 fully saturated rings. The number of nitrogens with zero attached hydrogens (tertiary/aromatic N) is 1. The molecular weight excluding hydrogens is 258 g/mol. The summed E-state index contributed by atoms with van der Waals surface area (Å²) in [6.07, 6.45) is 6.61. The fourth-order valence-electron chi connectivity index (χ4n) is 3.51. The Kier molecular flexibility index (Phi) is 4.45. The topological polar surface area (TPSA) is 74.7 Å². The Bertz CT molecular complexity index is 412. The van der Waals surface area contributed by atoms with Crippen LogP contribution in [-0.4, -0.2) is 33.8 Å². The highest BCUT2D eigenvalue weighted by Crippen LogP contribution is 2.46. The Morgan fingerprint density at radius 1 is 1.30 bits per heavy atom. The van der Waals surface area contributed by atoms with E-state index in [0.717, 1.165) is 43.4 Å². The van der Waals surface area contributed by atoms with Crippen LogP contribution in [-0.2, 0) is 14.4 Å². The molecule has 0 aromatic heterocycles. The minimum atomic E-state index is -1.06. The highest BCUT2D eigenvalue weighted by Gasteiger charge is 2.54. The minimum Gasteiger partial charge on any atom is -0.480 e. The number of unbranched alkanes of at least 4 members (excludes halogenated alkanes) is 1. The highest BCUT2D eigenvalue weighted by atomic mass is 16.4. The number of hydrogen-bond acceptors (Lipinski definition) is 3. The van der Waals surface area contributed by atoms with Crippen molar-refractivity contribution < 1.29 is 19.5 Å². The lowest BCUT2D eigenvalue weighted by Gasteiger charge is -2.31. The second kappa shape index (κ2) is 5.94. The van der Waals surface area contributed by atoms with Crippen LogP contribution in [0.4, 0.5) is 0 Å². The van der Waals surface area contributed by atoms with E-state index < -0.39 is 17.4 Å². The van der Waals surface area contributed by atoms with E-state index in [4.69, 9.17) is 0 Å². The fourth-order valence-corrected chi connectivity index (χ4v) is 3.51. The average molecular weight is 281 g/mol. The third kappa shape index (κ3) is 2.58. The molecule has 0 unspecified atom stereocenters. The van der Waals surface area contributed by atoms with Gasteiger partial charge >= 0.3 is 5.97 Å². The first-order valence-electron chi connectivity index (χ1n) is 7.61. The molecule has 0 aromatic rings. The number of rotatable bonds is 5. The standard InChI is InChI=1S/C15H23NO4/c1-2-3-7-11(13(18)19)16-12(17)10-15(14(16)20)8-5-4-6-9-15/h11H,2-10H2,1H3,(H,18,19)/t11-/m0/s1. The Morgan fingerprint density at radius 2 is 1.95 bits per heavy atom. The van der Waals surface area contributed by atoms with Crippen LogP contribution in [0, 0.1) is 5.41 Å². The molecule has 1 saturated carbocycles. The van der Waals surface area contributed by atoms with Gasteiger partial charge in [-0.25, -0.2) is 4.79 Å². The molecule has 2 aliphatic rings. The van der Waals surface area contributed by atoms with E-state index in [9.17, 15) is 19.5 Å². The fraction of sp³-hybridized carbons (Fsp3) is 0.800. The molecule has 0 bridgehead atoms. The summed E-state index contributed by atoms with van der Waals surface area (Å²) in [5, 5.41) is 9.34. The van der Waals surface area contributed by atoms with Crippen LogP contribution in [0.25, 0.3) is 0 Å². The van der Waals surface area contributed by atoms with Gasteiger partial charge in [0.1, 0.15) is 6.04 Å². The lowest BCUT2D eigenvalue weighted by Crippen LogP contribution is -2.47. The Labute approximate surface area is 119 Å². The van der Waals surface area contributed by atoms with Gasteiger partial charge in [0, 0.05) is 6.42 Å². The van der Waals surface area contributed by atoms with Crippen molar-refractivity contribution in [3.05, 3.63) is 0 Å². The van der Waals surface area contributed by atoms with Gasteiger partial charge in [-0.1, -0.05) is 39.0 Å². The molecule has 20 heavy (non-hydrogen) atoms. The molecule has 112 valence electrons. The molecule has 5 heteroatoms. The quantitative estimate of drug-likeness (QED) is 0.785. The number of carbonyl (C=O) groups excluding carboxylic acids is 2. The summed E-state index contributed by atoms with van der Waals surface area (Å²) in [6.45, 7) is 1.97. The molecule has 1 saturated heterocycles. The number of hydrogen-bond donors (Lipinski definition) is 1. The van der Waals surface area contributed by atoms with Crippen molar-refractivity contribution in [3.8, 4) is 0 Å². The van der Waals surface area contributed by atoms with Crippen LogP contribution in [0.1, 0.15) is 64.7 Å². The zero-order valence-electron chi connectivity index (χ0n) is 12.1. The first kappa shape index (κ1) is 15.0. The van der Waals surface area contributed by atoms with E-state index in [1.165, 1.54) is 0 Å². The van der Waals surface area contributed by atoms with Crippen molar-refractivity contribution in [1.82, 2.24) is 4.90 Å². The first-order valence-corrected chi connectivity index (χ1v) is 7.61. The predicted octanol–water partition coefficient (Wildman–Crippen LogP) is 2.34. The third-order valence-corrected chi connectivity index (χ3v) is 4.67. The van der Waals surface area contributed by atoms with Crippen molar-refractivity contribution in [1.29, 1.82) is 0 Å². The molecule has 2 amide bonds. The summed E-state index contributed by atoms with van der Waals surface area (Å²) in [6, 6.07) is -0.976. The monoisotopic (exact) mass is 281 g/mol. The minimum absolute atomic E-state index is 0.210. The molecular formula is C15H23NO4. The molecule has 1 aliphatic carbocycles. The van der Waals surface area contributed by atoms with Crippen LogP contribution < -0.4 is 0 Å². The largest absolute Gasteiger partial charge is 0.480 e. The predicted molar refractivity (Wildman–Crippen MR) is 72.9 cm³/mol. The van der Waals surface area contributed by atoms with Crippen molar-refractivity contribution in [2.75, 3.05) is 0 Å².